The Balaban J connectivity index is 1.58. The predicted octanol–water partition coefficient (Wildman–Crippen LogP) is 2.40. The molecule has 1 heterocycles. The van der Waals surface area contributed by atoms with Gasteiger partial charge in [0.15, 0.2) is 0 Å². The lowest BCUT2D eigenvalue weighted by atomic mass is 9.94. The highest BCUT2D eigenvalue weighted by Gasteiger charge is 2.34. The Morgan fingerprint density at radius 1 is 1.14 bits per heavy atom. The lowest BCUT2D eigenvalue weighted by Gasteiger charge is -2.20. The lowest BCUT2D eigenvalue weighted by molar-refractivity contribution is -0.125. The molecule has 6 heteroatoms. The molecule has 0 radical (unpaired) electrons. The van der Waals surface area contributed by atoms with E-state index >= 15 is 0 Å². The molecule has 0 spiro atoms. The summed E-state index contributed by atoms with van der Waals surface area (Å²) in [5.74, 6) is 1.07. The van der Waals surface area contributed by atoms with E-state index in [1.54, 1.807) is 7.11 Å². The van der Waals surface area contributed by atoms with E-state index in [2.05, 4.69) is 42.1 Å². The zero-order valence-electron chi connectivity index (χ0n) is 16.7. The standard InChI is InChI=1S/C22H30N4O2/c1-14(2)15-4-6-16(7-5-15)20(23)13-24-22(27)19-12-25-26-21(19)17-8-10-18(28-3)11-9-17/h4-11,14,19-21,25-26H,12-13,23H2,1-3H3,(H,24,27). The highest BCUT2D eigenvalue weighted by Crippen LogP contribution is 2.27. The first-order chi connectivity index (χ1) is 13.5. The molecule has 0 aromatic heterocycles. The largest absolute Gasteiger partial charge is 0.497 e. The van der Waals surface area contributed by atoms with Gasteiger partial charge in [-0.3, -0.25) is 10.2 Å². The van der Waals surface area contributed by atoms with Crippen molar-refractivity contribution in [1.82, 2.24) is 16.2 Å². The number of hydrazine groups is 1. The normalized spacial score (nSPS) is 20.2. The van der Waals surface area contributed by atoms with Crippen LogP contribution >= 0.6 is 0 Å². The number of benzene rings is 2. The SMILES string of the molecule is COc1ccc(C2NNCC2C(=O)NCC(N)c2ccc(C(C)C)cc2)cc1. The Hall–Kier alpha value is -2.41. The minimum absolute atomic E-state index is 0.00688. The second-order valence-electron chi connectivity index (χ2n) is 7.56. The molecule has 28 heavy (non-hydrogen) atoms. The Morgan fingerprint density at radius 2 is 1.79 bits per heavy atom. The molecule has 1 fully saturated rings. The van der Waals surface area contributed by atoms with Gasteiger partial charge in [0.1, 0.15) is 5.75 Å². The summed E-state index contributed by atoms with van der Waals surface area (Å²) < 4.78 is 5.20. The molecule has 1 amide bonds. The molecule has 0 aliphatic carbocycles. The van der Waals surface area contributed by atoms with Crippen LogP contribution in [0, 0.1) is 5.92 Å². The maximum Gasteiger partial charge on any atom is 0.226 e. The highest BCUT2D eigenvalue weighted by atomic mass is 16.5. The van der Waals surface area contributed by atoms with Crippen LogP contribution in [0.25, 0.3) is 0 Å². The first kappa shape index (κ1) is 20.3. The monoisotopic (exact) mass is 382 g/mol. The number of carbonyl (C=O) groups excluding carboxylic acids is 1. The number of methoxy groups -OCH3 is 1. The number of hydrogen-bond donors (Lipinski definition) is 4. The number of hydrogen-bond acceptors (Lipinski definition) is 5. The van der Waals surface area contributed by atoms with Gasteiger partial charge in [-0.25, -0.2) is 5.43 Å². The van der Waals surface area contributed by atoms with Gasteiger partial charge in [-0.1, -0.05) is 50.2 Å². The van der Waals surface area contributed by atoms with Crippen LogP contribution in [0.5, 0.6) is 5.75 Å². The number of carbonyl (C=O) groups is 1. The molecule has 3 unspecified atom stereocenters. The molecule has 2 aromatic carbocycles. The van der Waals surface area contributed by atoms with E-state index in [-0.39, 0.29) is 23.9 Å². The van der Waals surface area contributed by atoms with E-state index in [9.17, 15) is 4.79 Å². The van der Waals surface area contributed by atoms with Gasteiger partial charge in [-0.05, 0) is 34.7 Å². The fourth-order valence-electron chi connectivity index (χ4n) is 3.46. The number of ether oxygens (including phenoxy) is 1. The van der Waals surface area contributed by atoms with Crippen LogP contribution in [-0.4, -0.2) is 26.1 Å². The van der Waals surface area contributed by atoms with Gasteiger partial charge in [0.25, 0.3) is 0 Å². The van der Waals surface area contributed by atoms with Crippen molar-refractivity contribution >= 4 is 5.91 Å². The summed E-state index contributed by atoms with van der Waals surface area (Å²) in [4.78, 5) is 12.8. The van der Waals surface area contributed by atoms with Crippen molar-refractivity contribution in [3.05, 3.63) is 65.2 Å². The summed E-state index contributed by atoms with van der Waals surface area (Å²) in [5, 5.41) is 3.01. The van der Waals surface area contributed by atoms with Crippen molar-refractivity contribution in [2.45, 2.75) is 31.8 Å². The van der Waals surface area contributed by atoms with Gasteiger partial charge in [0.05, 0.1) is 19.1 Å². The van der Waals surface area contributed by atoms with E-state index < -0.39 is 0 Å². The molecule has 0 saturated carbocycles. The molecule has 0 bridgehead atoms. The van der Waals surface area contributed by atoms with Crippen molar-refractivity contribution in [3.63, 3.8) is 0 Å². The van der Waals surface area contributed by atoms with Gasteiger partial charge in [-0.15, -0.1) is 0 Å². The molecule has 3 rings (SSSR count). The van der Waals surface area contributed by atoms with Crippen molar-refractivity contribution in [2.75, 3.05) is 20.2 Å². The molecular formula is C22H30N4O2. The zero-order valence-corrected chi connectivity index (χ0v) is 16.7. The number of amides is 1. The molecule has 2 aromatic rings. The average Bonchev–Trinajstić information content (AvgIpc) is 3.22. The summed E-state index contributed by atoms with van der Waals surface area (Å²) in [6, 6.07) is 15.7. The fourth-order valence-corrected chi connectivity index (χ4v) is 3.46. The van der Waals surface area contributed by atoms with Crippen molar-refractivity contribution in [3.8, 4) is 5.75 Å². The maximum atomic E-state index is 12.8. The van der Waals surface area contributed by atoms with Crippen molar-refractivity contribution < 1.29 is 9.53 Å². The summed E-state index contributed by atoms with van der Waals surface area (Å²) >= 11 is 0. The third-order valence-electron chi connectivity index (χ3n) is 5.32. The van der Waals surface area contributed by atoms with Crippen LogP contribution in [0.3, 0.4) is 0 Å². The van der Waals surface area contributed by atoms with Gasteiger partial charge >= 0.3 is 0 Å². The smallest absolute Gasteiger partial charge is 0.226 e. The molecule has 3 atom stereocenters. The Bertz CT molecular complexity index is 774. The Morgan fingerprint density at radius 3 is 2.39 bits per heavy atom. The maximum absolute atomic E-state index is 12.8. The first-order valence-electron chi connectivity index (χ1n) is 9.75. The average molecular weight is 383 g/mol. The van der Waals surface area contributed by atoms with Crippen LogP contribution in [-0.2, 0) is 4.79 Å². The number of rotatable bonds is 7. The minimum Gasteiger partial charge on any atom is -0.497 e. The summed E-state index contributed by atoms with van der Waals surface area (Å²) in [5.41, 5.74) is 15.9. The van der Waals surface area contributed by atoms with Crippen molar-refractivity contribution in [2.24, 2.45) is 11.7 Å². The number of nitrogens with two attached hydrogens (primary N) is 1. The van der Waals surface area contributed by atoms with E-state index in [0.717, 1.165) is 16.9 Å². The van der Waals surface area contributed by atoms with Crippen LogP contribution in [0.15, 0.2) is 48.5 Å². The minimum atomic E-state index is -0.230. The second kappa shape index (κ2) is 9.19. The van der Waals surface area contributed by atoms with E-state index in [1.165, 1.54) is 5.56 Å². The van der Waals surface area contributed by atoms with E-state index in [0.29, 0.717) is 19.0 Å². The molecule has 150 valence electrons. The van der Waals surface area contributed by atoms with Gasteiger partial charge in [0.2, 0.25) is 5.91 Å². The number of nitrogens with one attached hydrogen (secondary N) is 3. The van der Waals surface area contributed by atoms with Crippen molar-refractivity contribution in [1.29, 1.82) is 0 Å². The van der Waals surface area contributed by atoms with Gasteiger partial charge in [0, 0.05) is 19.1 Å². The molecule has 1 saturated heterocycles. The van der Waals surface area contributed by atoms with Crippen LogP contribution in [0.2, 0.25) is 0 Å². The van der Waals surface area contributed by atoms with Crippen LogP contribution in [0.4, 0.5) is 0 Å². The fraction of sp³-hybridized carbons (Fsp3) is 0.409. The summed E-state index contributed by atoms with van der Waals surface area (Å²) in [6.45, 7) is 5.31. The predicted molar refractivity (Wildman–Crippen MR) is 111 cm³/mol. The van der Waals surface area contributed by atoms with Crippen LogP contribution < -0.4 is 26.6 Å². The topological polar surface area (TPSA) is 88.4 Å². The third kappa shape index (κ3) is 4.70. The molecule has 6 nitrogen and oxygen atoms in total. The summed E-state index contributed by atoms with van der Waals surface area (Å²) in [7, 11) is 1.64. The third-order valence-corrected chi connectivity index (χ3v) is 5.32. The van der Waals surface area contributed by atoms with Crippen LogP contribution in [0.1, 0.15) is 48.5 Å². The van der Waals surface area contributed by atoms with E-state index in [4.69, 9.17) is 10.5 Å². The molecule has 1 aliphatic heterocycles. The summed E-state index contributed by atoms with van der Waals surface area (Å²) in [6.07, 6.45) is 0. The molecule has 1 aliphatic rings. The second-order valence-corrected chi connectivity index (χ2v) is 7.56. The Kier molecular flexibility index (Phi) is 6.67. The Labute approximate surface area is 166 Å². The molecular weight excluding hydrogens is 352 g/mol. The first-order valence-corrected chi connectivity index (χ1v) is 9.75. The molecule has 5 N–H and O–H groups in total. The highest BCUT2D eigenvalue weighted by molar-refractivity contribution is 5.80. The zero-order chi connectivity index (χ0) is 20.1. The van der Waals surface area contributed by atoms with Gasteiger partial charge in [-0.2, -0.15) is 0 Å². The van der Waals surface area contributed by atoms with E-state index in [1.807, 2.05) is 36.4 Å². The quantitative estimate of drug-likeness (QED) is 0.591. The van der Waals surface area contributed by atoms with Gasteiger partial charge < -0.3 is 15.8 Å². The lowest BCUT2D eigenvalue weighted by Crippen LogP contribution is -2.38.